The van der Waals surface area contributed by atoms with Crippen LogP contribution in [0, 0.1) is 0 Å². The number of benzene rings is 2. The Morgan fingerprint density at radius 3 is 2.79 bits per heavy atom. The largest absolute Gasteiger partial charge is 0.508 e. The van der Waals surface area contributed by atoms with Crippen LogP contribution in [-0.4, -0.2) is 31.1 Å². The van der Waals surface area contributed by atoms with E-state index in [0.717, 1.165) is 27.0 Å². The first-order valence-corrected chi connectivity index (χ1v) is 9.88. The van der Waals surface area contributed by atoms with Crippen molar-refractivity contribution in [2.45, 2.75) is 13.3 Å². The summed E-state index contributed by atoms with van der Waals surface area (Å²) in [7, 11) is 0. The van der Waals surface area contributed by atoms with Crippen LogP contribution in [0.2, 0.25) is 0 Å². The lowest BCUT2D eigenvalue weighted by molar-refractivity contribution is -0.137. The number of phenolic OH excluding ortho intramolecular Hbond substituents is 1. The normalized spacial score (nSPS) is 11.2. The number of hydrogen-bond acceptors (Lipinski definition) is 6. The molecule has 6 heteroatoms. The van der Waals surface area contributed by atoms with E-state index in [9.17, 15) is 9.90 Å². The van der Waals surface area contributed by atoms with Gasteiger partial charge in [0.2, 0.25) is 0 Å². The van der Waals surface area contributed by atoms with E-state index in [1.54, 1.807) is 41.7 Å². The number of fused-ring (bicyclic) bond motifs is 1. The Balaban J connectivity index is 1.58. The monoisotopic (exact) mass is 398 g/mol. The summed E-state index contributed by atoms with van der Waals surface area (Å²) < 4.78 is 17.3. The zero-order chi connectivity index (χ0) is 19.8. The Bertz CT molecular complexity index is 943. The van der Waals surface area contributed by atoms with Crippen molar-refractivity contribution in [2.24, 2.45) is 0 Å². The Hall–Kier alpha value is -2.83. The van der Waals surface area contributed by atoms with E-state index in [-0.39, 0.29) is 19.1 Å². The molecular formula is C22H22O5S. The molecule has 0 atom stereocenters. The third-order valence-electron chi connectivity index (χ3n) is 4.04. The van der Waals surface area contributed by atoms with Crippen molar-refractivity contribution < 1.29 is 24.1 Å². The van der Waals surface area contributed by atoms with Crippen LogP contribution >= 0.6 is 11.3 Å². The summed E-state index contributed by atoms with van der Waals surface area (Å²) in [6.45, 7) is 2.97. The van der Waals surface area contributed by atoms with Crippen LogP contribution in [0.5, 0.6) is 11.5 Å². The molecule has 28 heavy (non-hydrogen) atoms. The van der Waals surface area contributed by atoms with Crippen LogP contribution in [-0.2, 0) is 20.7 Å². The molecule has 0 aliphatic heterocycles. The maximum atomic E-state index is 12.0. The predicted molar refractivity (Wildman–Crippen MR) is 111 cm³/mol. The first-order valence-electron chi connectivity index (χ1n) is 9.00. The molecule has 2 aromatic carbocycles. The van der Waals surface area contributed by atoms with Crippen molar-refractivity contribution in [1.82, 2.24) is 0 Å². The van der Waals surface area contributed by atoms with Crippen LogP contribution in [0.3, 0.4) is 0 Å². The maximum Gasteiger partial charge on any atom is 0.330 e. The molecule has 0 radical (unpaired) electrons. The number of esters is 1. The Labute approximate surface area is 167 Å². The van der Waals surface area contributed by atoms with Crippen molar-refractivity contribution in [2.75, 3.05) is 20.0 Å². The van der Waals surface area contributed by atoms with E-state index in [4.69, 9.17) is 14.2 Å². The molecule has 1 N–H and O–H groups in total. The lowest BCUT2D eigenvalue weighted by Crippen LogP contribution is -2.04. The van der Waals surface area contributed by atoms with Gasteiger partial charge >= 0.3 is 5.97 Å². The molecule has 0 aliphatic carbocycles. The number of hydrogen-bond donors (Lipinski definition) is 1. The number of carbonyl (C=O) groups is 1. The highest BCUT2D eigenvalue weighted by Gasteiger charge is 2.06. The van der Waals surface area contributed by atoms with Crippen molar-refractivity contribution in [3.8, 4) is 11.5 Å². The molecule has 0 fully saturated rings. The second kappa shape index (κ2) is 9.92. The van der Waals surface area contributed by atoms with Gasteiger partial charge in [-0.05, 0) is 59.8 Å². The van der Waals surface area contributed by atoms with E-state index < -0.39 is 5.97 Å². The molecule has 0 spiro atoms. The molecule has 0 unspecified atom stereocenters. The number of carbonyl (C=O) groups excluding carboxylic acids is 1. The van der Waals surface area contributed by atoms with Gasteiger partial charge in [0.05, 0.1) is 6.61 Å². The van der Waals surface area contributed by atoms with Gasteiger partial charge in [0.1, 0.15) is 11.5 Å². The predicted octanol–water partition coefficient (Wildman–Crippen LogP) is 4.78. The van der Waals surface area contributed by atoms with Crippen LogP contribution in [0.25, 0.3) is 16.2 Å². The van der Waals surface area contributed by atoms with Gasteiger partial charge in [-0.25, -0.2) is 4.79 Å². The van der Waals surface area contributed by atoms with Gasteiger partial charge in [-0.3, -0.25) is 0 Å². The summed E-state index contributed by atoms with van der Waals surface area (Å²) in [4.78, 5) is 12.0. The molecule has 1 aromatic heterocycles. The van der Waals surface area contributed by atoms with E-state index in [0.29, 0.717) is 13.0 Å². The highest BCUT2D eigenvalue weighted by molar-refractivity contribution is 7.17. The van der Waals surface area contributed by atoms with Gasteiger partial charge in [-0.1, -0.05) is 12.1 Å². The van der Waals surface area contributed by atoms with Crippen molar-refractivity contribution in [3.63, 3.8) is 0 Å². The van der Waals surface area contributed by atoms with Crippen LogP contribution in [0.1, 0.15) is 18.1 Å². The lowest BCUT2D eigenvalue weighted by atomic mass is 10.1. The maximum absolute atomic E-state index is 12.0. The Morgan fingerprint density at radius 2 is 2.00 bits per heavy atom. The molecule has 0 saturated carbocycles. The third-order valence-corrected chi connectivity index (χ3v) is 4.91. The van der Waals surface area contributed by atoms with Crippen LogP contribution in [0.4, 0.5) is 0 Å². The zero-order valence-corrected chi connectivity index (χ0v) is 16.4. The Morgan fingerprint density at radius 1 is 1.18 bits per heavy atom. The number of ether oxygens (including phenoxy) is 3. The van der Waals surface area contributed by atoms with E-state index in [2.05, 4.69) is 0 Å². The lowest BCUT2D eigenvalue weighted by Gasteiger charge is -2.08. The number of phenols is 1. The minimum absolute atomic E-state index is 0.188. The zero-order valence-electron chi connectivity index (χ0n) is 15.6. The fraction of sp³-hybridized carbons (Fsp3) is 0.227. The second-order valence-corrected chi connectivity index (χ2v) is 6.97. The standard InChI is InChI=1S/C22H22O5S/c1-2-25-15-27-20-13-17(14-21-19(20)10-12-28-21)5-8-22(24)26-11-9-16-3-6-18(23)7-4-16/h3-8,10,12-14,23H,2,9,11,15H2,1H3/b8-5+. The van der Waals surface area contributed by atoms with Crippen molar-refractivity contribution in [3.05, 3.63) is 65.0 Å². The van der Waals surface area contributed by atoms with E-state index >= 15 is 0 Å². The highest BCUT2D eigenvalue weighted by atomic mass is 32.1. The van der Waals surface area contributed by atoms with Crippen LogP contribution in [0.15, 0.2) is 53.9 Å². The van der Waals surface area contributed by atoms with Gasteiger partial charge in [-0.15, -0.1) is 11.3 Å². The molecule has 146 valence electrons. The summed E-state index contributed by atoms with van der Waals surface area (Å²) in [6.07, 6.45) is 3.73. The molecule has 0 saturated heterocycles. The molecule has 3 rings (SSSR count). The van der Waals surface area contributed by atoms with Gasteiger partial charge in [0, 0.05) is 29.2 Å². The first kappa shape index (κ1) is 19.9. The first-order chi connectivity index (χ1) is 13.7. The number of aromatic hydroxyl groups is 1. The Kier molecular flexibility index (Phi) is 7.06. The summed E-state index contributed by atoms with van der Waals surface area (Å²) in [5.74, 6) is 0.547. The summed E-state index contributed by atoms with van der Waals surface area (Å²) in [6, 6.07) is 12.7. The van der Waals surface area contributed by atoms with Crippen molar-refractivity contribution in [1.29, 1.82) is 0 Å². The summed E-state index contributed by atoms with van der Waals surface area (Å²) in [5.41, 5.74) is 1.85. The number of rotatable bonds is 9. The minimum atomic E-state index is -0.401. The molecule has 5 nitrogen and oxygen atoms in total. The van der Waals surface area contributed by atoms with Crippen molar-refractivity contribution >= 4 is 33.5 Å². The SMILES string of the molecule is CCOCOc1cc(/C=C/C(=O)OCCc2ccc(O)cc2)cc2sccc12. The van der Waals surface area contributed by atoms with E-state index in [1.165, 1.54) is 6.08 Å². The quantitative estimate of drug-likeness (QED) is 0.243. The van der Waals surface area contributed by atoms with Gasteiger partial charge in [0.15, 0.2) is 6.79 Å². The molecule has 1 heterocycles. The molecule has 3 aromatic rings. The molecule has 0 aliphatic rings. The van der Waals surface area contributed by atoms with E-state index in [1.807, 2.05) is 30.5 Å². The van der Waals surface area contributed by atoms with Gasteiger partial charge < -0.3 is 19.3 Å². The molecule has 0 bridgehead atoms. The summed E-state index contributed by atoms with van der Waals surface area (Å²) >= 11 is 1.61. The minimum Gasteiger partial charge on any atom is -0.508 e. The smallest absolute Gasteiger partial charge is 0.330 e. The average Bonchev–Trinajstić information content (AvgIpc) is 3.17. The summed E-state index contributed by atoms with van der Waals surface area (Å²) in [5, 5.41) is 12.3. The van der Waals surface area contributed by atoms with Crippen LogP contribution < -0.4 is 4.74 Å². The fourth-order valence-electron chi connectivity index (χ4n) is 2.61. The topological polar surface area (TPSA) is 65.0 Å². The third kappa shape index (κ3) is 5.58. The highest BCUT2D eigenvalue weighted by Crippen LogP contribution is 2.32. The van der Waals surface area contributed by atoms with Gasteiger partial charge in [-0.2, -0.15) is 0 Å². The molecular weight excluding hydrogens is 376 g/mol. The average molecular weight is 398 g/mol. The molecule has 0 amide bonds. The second-order valence-electron chi connectivity index (χ2n) is 6.02. The fourth-order valence-corrected chi connectivity index (χ4v) is 3.46. The van der Waals surface area contributed by atoms with Gasteiger partial charge in [0.25, 0.3) is 0 Å². The number of thiophene rings is 1.